The molecule has 2 aromatic carbocycles. The average molecular weight is 447 g/mol. The van der Waals surface area contributed by atoms with Gasteiger partial charge in [0.05, 0.1) is 0 Å². The molecule has 1 N–H and O–H groups in total. The fourth-order valence-electron chi connectivity index (χ4n) is 2.65. The molecule has 4 nitrogen and oxygen atoms in total. The molecule has 0 saturated carbocycles. The predicted octanol–water partition coefficient (Wildman–Crippen LogP) is 5.63. The number of hydrogen-bond acceptors (Lipinski definition) is 3. The molecule has 0 saturated heterocycles. The van der Waals surface area contributed by atoms with Crippen molar-refractivity contribution in [2.75, 3.05) is 0 Å². The lowest BCUT2D eigenvalue weighted by atomic mass is 10.0. The number of carboxylic acid groups (broad SMARTS) is 1. The van der Waals surface area contributed by atoms with Crippen LogP contribution in [0.4, 0.5) is 0 Å². The van der Waals surface area contributed by atoms with Crippen molar-refractivity contribution in [2.45, 2.75) is 18.9 Å². The van der Waals surface area contributed by atoms with Crippen LogP contribution in [-0.2, 0) is 11.2 Å². The van der Waals surface area contributed by atoms with Gasteiger partial charge in [-0.1, -0.05) is 48.0 Å². The van der Waals surface area contributed by atoms with Gasteiger partial charge in [-0.2, -0.15) is 0 Å². The van der Waals surface area contributed by atoms with Gasteiger partial charge in [-0.3, -0.25) is 0 Å². The van der Waals surface area contributed by atoms with Gasteiger partial charge in [0, 0.05) is 11.2 Å². The highest BCUT2D eigenvalue weighted by Crippen LogP contribution is 2.25. The van der Waals surface area contributed by atoms with Gasteiger partial charge in [-0.15, -0.1) is 0 Å². The lowest BCUT2D eigenvalue weighted by Crippen LogP contribution is -2.27. The number of rotatable bonds is 7. The second-order valence-corrected chi connectivity index (χ2v) is 7.17. The molecule has 27 heavy (non-hydrogen) atoms. The van der Waals surface area contributed by atoms with Gasteiger partial charge in [0.2, 0.25) is 0 Å². The Labute approximate surface area is 170 Å². The van der Waals surface area contributed by atoms with E-state index in [4.69, 9.17) is 16.3 Å². The number of aryl methyl sites for hydroxylation is 1. The molecule has 1 heterocycles. The van der Waals surface area contributed by atoms with Crippen molar-refractivity contribution in [3.8, 4) is 16.9 Å². The second kappa shape index (κ2) is 9.02. The molecule has 1 aromatic heterocycles. The summed E-state index contributed by atoms with van der Waals surface area (Å²) in [6.07, 6.45) is 1.61. The Morgan fingerprint density at radius 3 is 2.30 bits per heavy atom. The number of benzene rings is 2. The summed E-state index contributed by atoms with van der Waals surface area (Å²) in [5, 5.41) is 10.2. The van der Waals surface area contributed by atoms with Crippen molar-refractivity contribution >= 4 is 33.5 Å². The first-order chi connectivity index (χ1) is 13.0. The van der Waals surface area contributed by atoms with Crippen LogP contribution in [0.2, 0.25) is 5.02 Å². The number of aromatic nitrogens is 1. The van der Waals surface area contributed by atoms with Crippen LogP contribution in [0.1, 0.15) is 12.0 Å². The summed E-state index contributed by atoms with van der Waals surface area (Å²) in [4.78, 5) is 15.6. The highest BCUT2D eigenvalue weighted by atomic mass is 79.9. The van der Waals surface area contributed by atoms with E-state index in [1.165, 1.54) is 0 Å². The molecule has 0 fully saturated rings. The summed E-state index contributed by atoms with van der Waals surface area (Å²) in [5.74, 6) is -0.577. The summed E-state index contributed by atoms with van der Waals surface area (Å²) in [6, 6.07) is 19.1. The number of halogens is 2. The lowest BCUT2D eigenvalue weighted by molar-refractivity contribution is -0.145. The monoisotopic (exact) mass is 445 g/mol. The first-order valence-corrected chi connectivity index (χ1v) is 9.55. The zero-order valence-electron chi connectivity index (χ0n) is 14.3. The SMILES string of the molecule is O=C(O)C(CCc1ccc(-c2ccc(Cl)cc2)cc1)Oc1cccnc1Br. The van der Waals surface area contributed by atoms with E-state index in [0.717, 1.165) is 16.7 Å². The summed E-state index contributed by atoms with van der Waals surface area (Å²) in [6.45, 7) is 0. The summed E-state index contributed by atoms with van der Waals surface area (Å²) >= 11 is 9.19. The van der Waals surface area contributed by atoms with Crippen molar-refractivity contribution < 1.29 is 14.6 Å². The molecular formula is C21H17BrClNO3. The number of ether oxygens (including phenoxy) is 1. The Kier molecular flexibility index (Phi) is 6.48. The smallest absolute Gasteiger partial charge is 0.344 e. The molecule has 1 unspecified atom stereocenters. The molecule has 3 rings (SSSR count). The number of carboxylic acids is 1. The molecule has 0 aliphatic carbocycles. The van der Waals surface area contributed by atoms with Crippen LogP contribution in [0.5, 0.6) is 5.75 Å². The zero-order chi connectivity index (χ0) is 19.2. The van der Waals surface area contributed by atoms with E-state index in [-0.39, 0.29) is 0 Å². The third-order valence-corrected chi connectivity index (χ3v) is 4.94. The number of pyridine rings is 1. The predicted molar refractivity (Wildman–Crippen MR) is 109 cm³/mol. The van der Waals surface area contributed by atoms with Crippen LogP contribution in [0.15, 0.2) is 71.5 Å². The zero-order valence-corrected chi connectivity index (χ0v) is 16.7. The van der Waals surface area contributed by atoms with Crippen molar-refractivity contribution in [1.82, 2.24) is 4.98 Å². The van der Waals surface area contributed by atoms with E-state index < -0.39 is 12.1 Å². The van der Waals surface area contributed by atoms with Gasteiger partial charge in [0.25, 0.3) is 0 Å². The highest BCUT2D eigenvalue weighted by molar-refractivity contribution is 9.10. The standard InChI is InChI=1S/C21H17BrClNO3/c22-20-18(2-1-13-24-20)27-19(21(25)26)12-5-14-3-6-15(7-4-14)16-8-10-17(23)11-9-16/h1-4,6-11,13,19H,5,12H2,(H,25,26). The Morgan fingerprint density at radius 2 is 1.70 bits per heavy atom. The van der Waals surface area contributed by atoms with Gasteiger partial charge in [-0.25, -0.2) is 9.78 Å². The third-order valence-electron chi connectivity index (χ3n) is 4.10. The molecular weight excluding hydrogens is 430 g/mol. The number of nitrogens with zero attached hydrogens (tertiary/aromatic N) is 1. The van der Waals surface area contributed by atoms with Gasteiger partial charge in [0.15, 0.2) is 11.9 Å². The highest BCUT2D eigenvalue weighted by Gasteiger charge is 2.20. The van der Waals surface area contributed by atoms with Gasteiger partial charge < -0.3 is 9.84 Å². The fourth-order valence-corrected chi connectivity index (χ4v) is 3.12. The molecule has 0 aliphatic heterocycles. The van der Waals surface area contributed by atoms with Crippen LogP contribution in [0.25, 0.3) is 11.1 Å². The average Bonchev–Trinajstić information content (AvgIpc) is 2.67. The van der Waals surface area contributed by atoms with Crippen LogP contribution in [-0.4, -0.2) is 22.2 Å². The van der Waals surface area contributed by atoms with E-state index in [0.29, 0.717) is 28.2 Å². The topological polar surface area (TPSA) is 59.4 Å². The maximum Gasteiger partial charge on any atom is 0.344 e. The molecule has 0 amide bonds. The molecule has 0 bridgehead atoms. The summed E-state index contributed by atoms with van der Waals surface area (Å²) < 4.78 is 6.10. The minimum atomic E-state index is -0.997. The molecule has 1 atom stereocenters. The first kappa shape index (κ1) is 19.4. The Morgan fingerprint density at radius 1 is 1.07 bits per heavy atom. The van der Waals surface area contributed by atoms with Gasteiger partial charge >= 0.3 is 5.97 Å². The van der Waals surface area contributed by atoms with Gasteiger partial charge in [0.1, 0.15) is 4.60 Å². The minimum Gasteiger partial charge on any atom is -0.479 e. The number of aliphatic carboxylic acids is 1. The quantitative estimate of drug-likeness (QED) is 0.478. The van der Waals surface area contributed by atoms with Crippen LogP contribution in [0, 0.1) is 0 Å². The van der Waals surface area contributed by atoms with E-state index in [2.05, 4.69) is 20.9 Å². The van der Waals surface area contributed by atoms with E-state index >= 15 is 0 Å². The molecule has 138 valence electrons. The number of hydrogen-bond donors (Lipinski definition) is 1. The second-order valence-electron chi connectivity index (χ2n) is 5.98. The largest absolute Gasteiger partial charge is 0.479 e. The summed E-state index contributed by atoms with van der Waals surface area (Å²) in [7, 11) is 0. The van der Waals surface area contributed by atoms with Crippen molar-refractivity contribution in [2.24, 2.45) is 0 Å². The van der Waals surface area contributed by atoms with E-state index in [9.17, 15) is 9.90 Å². The van der Waals surface area contributed by atoms with Crippen LogP contribution < -0.4 is 4.74 Å². The third kappa shape index (κ3) is 5.31. The normalized spacial score (nSPS) is 11.8. The van der Waals surface area contributed by atoms with Crippen molar-refractivity contribution in [3.63, 3.8) is 0 Å². The Bertz CT molecular complexity index is 913. The van der Waals surface area contributed by atoms with E-state index in [1.807, 2.05) is 48.5 Å². The van der Waals surface area contributed by atoms with Crippen LogP contribution >= 0.6 is 27.5 Å². The fraction of sp³-hybridized carbons (Fsp3) is 0.143. The van der Waals surface area contributed by atoms with E-state index in [1.54, 1.807) is 18.3 Å². The van der Waals surface area contributed by atoms with Crippen molar-refractivity contribution in [3.05, 3.63) is 82.0 Å². The lowest BCUT2D eigenvalue weighted by Gasteiger charge is -2.16. The number of carbonyl (C=O) groups is 1. The molecule has 0 radical (unpaired) electrons. The maximum absolute atomic E-state index is 11.5. The Balaban J connectivity index is 1.64. The molecule has 0 spiro atoms. The Hall–Kier alpha value is -2.37. The molecule has 6 heteroatoms. The molecule has 3 aromatic rings. The first-order valence-electron chi connectivity index (χ1n) is 8.38. The summed E-state index contributed by atoms with van der Waals surface area (Å²) in [5.41, 5.74) is 3.22. The minimum absolute atomic E-state index is 0.358. The van der Waals surface area contributed by atoms with Crippen LogP contribution in [0.3, 0.4) is 0 Å². The van der Waals surface area contributed by atoms with Crippen molar-refractivity contribution in [1.29, 1.82) is 0 Å². The van der Waals surface area contributed by atoms with Gasteiger partial charge in [-0.05, 0) is 69.7 Å². The maximum atomic E-state index is 11.5. The molecule has 0 aliphatic rings.